The van der Waals surface area contributed by atoms with E-state index in [1.807, 2.05) is 29.2 Å². The molecular weight excluding hydrogens is 321 g/mol. The number of urea groups is 1. The summed E-state index contributed by atoms with van der Waals surface area (Å²) in [6.07, 6.45) is 0.791. The zero-order chi connectivity index (χ0) is 17.2. The van der Waals surface area contributed by atoms with Gasteiger partial charge >= 0.3 is 6.03 Å². The Kier molecular flexibility index (Phi) is 4.28. The predicted molar refractivity (Wildman–Crippen MR) is 94.1 cm³/mol. The summed E-state index contributed by atoms with van der Waals surface area (Å²) in [4.78, 5) is 14.2. The van der Waals surface area contributed by atoms with Crippen LogP contribution in [0, 0.1) is 5.82 Å². The second kappa shape index (κ2) is 6.72. The van der Waals surface area contributed by atoms with E-state index in [0.717, 1.165) is 24.2 Å². The van der Waals surface area contributed by atoms with Gasteiger partial charge in [0.1, 0.15) is 5.82 Å². The summed E-state index contributed by atoms with van der Waals surface area (Å²) >= 11 is 0. The van der Waals surface area contributed by atoms with E-state index >= 15 is 0 Å². The molecule has 1 atom stereocenters. The van der Waals surface area contributed by atoms with Crippen LogP contribution < -0.4 is 15.5 Å². The second-order valence-corrected chi connectivity index (χ2v) is 6.46. The highest BCUT2D eigenvalue weighted by Gasteiger charge is 2.25. The molecule has 0 aliphatic carbocycles. The molecule has 0 aromatic heterocycles. The largest absolute Gasteiger partial charge is 0.372 e. The summed E-state index contributed by atoms with van der Waals surface area (Å²) in [5, 5.41) is 5.84. The second-order valence-electron chi connectivity index (χ2n) is 6.46. The number of hydrogen-bond donors (Lipinski definition) is 2. The number of nitrogens with one attached hydrogen (secondary N) is 2. The Hall–Kier alpha value is -2.60. The first-order valence-electron chi connectivity index (χ1n) is 8.45. The lowest BCUT2D eigenvalue weighted by Crippen LogP contribution is -2.39. The van der Waals surface area contributed by atoms with Crippen molar-refractivity contribution in [1.29, 1.82) is 0 Å². The Bertz CT molecular complexity index is 796. The van der Waals surface area contributed by atoms with Gasteiger partial charge in [-0.3, -0.25) is 0 Å². The third kappa shape index (κ3) is 3.44. The third-order valence-electron chi connectivity index (χ3n) is 4.70. The van der Waals surface area contributed by atoms with Crippen LogP contribution in [0.2, 0.25) is 0 Å². The van der Waals surface area contributed by atoms with Crippen molar-refractivity contribution in [1.82, 2.24) is 5.32 Å². The van der Waals surface area contributed by atoms with E-state index in [0.29, 0.717) is 25.4 Å². The van der Waals surface area contributed by atoms with Crippen LogP contribution >= 0.6 is 0 Å². The van der Waals surface area contributed by atoms with Crippen LogP contribution in [0.25, 0.3) is 0 Å². The quantitative estimate of drug-likeness (QED) is 0.901. The molecule has 0 radical (unpaired) electrons. The third-order valence-corrected chi connectivity index (χ3v) is 4.70. The molecule has 0 unspecified atom stereocenters. The van der Waals surface area contributed by atoms with E-state index < -0.39 is 0 Å². The number of carbonyl (C=O) groups is 1. The van der Waals surface area contributed by atoms with Gasteiger partial charge in [-0.25, -0.2) is 9.18 Å². The van der Waals surface area contributed by atoms with Gasteiger partial charge in [-0.2, -0.15) is 0 Å². The van der Waals surface area contributed by atoms with Crippen LogP contribution in [0.15, 0.2) is 42.5 Å². The number of benzene rings is 2. The summed E-state index contributed by atoms with van der Waals surface area (Å²) in [6.45, 7) is 2.55. The maximum atomic E-state index is 13.9. The fraction of sp³-hybridized carbons (Fsp3) is 0.316. The first kappa shape index (κ1) is 15.9. The van der Waals surface area contributed by atoms with Crippen molar-refractivity contribution >= 4 is 17.4 Å². The SMILES string of the molecule is O=C(Nc1ccc2c(c1)COC2)N[C@H]1CCN(c2ccccc2F)C1. The number of anilines is 2. The molecule has 2 N–H and O–H groups in total. The molecule has 2 amide bonds. The Morgan fingerprint density at radius 2 is 2.00 bits per heavy atom. The zero-order valence-corrected chi connectivity index (χ0v) is 13.8. The van der Waals surface area contributed by atoms with E-state index in [1.165, 1.54) is 11.6 Å². The van der Waals surface area contributed by atoms with Crippen molar-refractivity contribution in [3.8, 4) is 0 Å². The van der Waals surface area contributed by atoms with Gasteiger partial charge in [-0.1, -0.05) is 18.2 Å². The summed E-state index contributed by atoms with van der Waals surface area (Å²) in [5.74, 6) is -0.229. The topological polar surface area (TPSA) is 53.6 Å². The normalized spacial score (nSPS) is 18.9. The molecule has 2 aliphatic heterocycles. The van der Waals surface area contributed by atoms with E-state index in [4.69, 9.17) is 4.74 Å². The highest BCUT2D eigenvalue weighted by atomic mass is 19.1. The Morgan fingerprint density at radius 1 is 1.16 bits per heavy atom. The van der Waals surface area contributed by atoms with Gasteiger partial charge in [0.2, 0.25) is 0 Å². The van der Waals surface area contributed by atoms with Gasteiger partial charge in [0.25, 0.3) is 0 Å². The summed E-state index contributed by atoms with van der Waals surface area (Å²) < 4.78 is 19.3. The van der Waals surface area contributed by atoms with Gasteiger partial charge in [0.05, 0.1) is 18.9 Å². The number of nitrogens with zero attached hydrogens (tertiary/aromatic N) is 1. The van der Waals surface area contributed by atoms with Crippen molar-refractivity contribution in [2.24, 2.45) is 0 Å². The molecule has 5 nitrogen and oxygen atoms in total. The van der Waals surface area contributed by atoms with E-state index in [-0.39, 0.29) is 17.9 Å². The van der Waals surface area contributed by atoms with Gasteiger partial charge in [-0.05, 0) is 41.8 Å². The number of hydrogen-bond acceptors (Lipinski definition) is 3. The molecule has 25 heavy (non-hydrogen) atoms. The zero-order valence-electron chi connectivity index (χ0n) is 13.8. The molecule has 0 saturated carbocycles. The molecule has 2 heterocycles. The molecule has 1 saturated heterocycles. The van der Waals surface area contributed by atoms with Gasteiger partial charge in [0.15, 0.2) is 0 Å². The summed E-state index contributed by atoms with van der Waals surface area (Å²) in [5.41, 5.74) is 3.63. The van der Waals surface area contributed by atoms with Crippen LogP contribution in [0.4, 0.5) is 20.6 Å². The lowest BCUT2D eigenvalue weighted by molar-refractivity contribution is 0.134. The number of rotatable bonds is 3. The maximum absolute atomic E-state index is 13.9. The fourth-order valence-electron chi connectivity index (χ4n) is 3.41. The van der Waals surface area contributed by atoms with Crippen molar-refractivity contribution in [3.05, 3.63) is 59.4 Å². The van der Waals surface area contributed by atoms with Crippen LogP contribution in [-0.2, 0) is 18.0 Å². The lowest BCUT2D eigenvalue weighted by Gasteiger charge is -2.19. The number of para-hydroxylation sites is 1. The van der Waals surface area contributed by atoms with Crippen LogP contribution in [0.5, 0.6) is 0 Å². The molecule has 6 heteroatoms. The minimum Gasteiger partial charge on any atom is -0.372 e. The molecule has 4 rings (SSSR count). The standard InChI is InChI=1S/C19H20FN3O2/c20-17-3-1-2-4-18(17)23-8-7-16(10-23)22-19(24)21-15-6-5-13-11-25-12-14(13)9-15/h1-6,9,16H,7-8,10-12H2,(H2,21,22,24)/t16-/m0/s1. The average Bonchev–Trinajstić information content (AvgIpc) is 3.24. The molecule has 2 aromatic carbocycles. The highest BCUT2D eigenvalue weighted by Crippen LogP contribution is 2.24. The number of amides is 2. The molecular formula is C19H20FN3O2. The smallest absolute Gasteiger partial charge is 0.319 e. The van der Waals surface area contributed by atoms with Crippen LogP contribution in [0.1, 0.15) is 17.5 Å². The van der Waals surface area contributed by atoms with Crippen molar-refractivity contribution in [2.45, 2.75) is 25.7 Å². The van der Waals surface area contributed by atoms with Crippen molar-refractivity contribution < 1.29 is 13.9 Å². The van der Waals surface area contributed by atoms with Crippen molar-refractivity contribution in [2.75, 3.05) is 23.3 Å². The summed E-state index contributed by atoms with van der Waals surface area (Å²) in [7, 11) is 0. The predicted octanol–water partition coefficient (Wildman–Crippen LogP) is 3.26. The molecule has 2 aliphatic rings. The van der Waals surface area contributed by atoms with Crippen LogP contribution in [-0.4, -0.2) is 25.2 Å². The Morgan fingerprint density at radius 3 is 2.88 bits per heavy atom. The molecule has 130 valence electrons. The highest BCUT2D eigenvalue weighted by molar-refractivity contribution is 5.89. The number of halogens is 1. The van der Waals surface area contributed by atoms with E-state index in [2.05, 4.69) is 10.6 Å². The van der Waals surface area contributed by atoms with E-state index in [9.17, 15) is 9.18 Å². The van der Waals surface area contributed by atoms with Gasteiger partial charge in [0, 0.05) is 24.8 Å². The average molecular weight is 341 g/mol. The maximum Gasteiger partial charge on any atom is 0.319 e. The Balaban J connectivity index is 1.34. The minimum atomic E-state index is -0.237. The number of carbonyl (C=O) groups excluding carboxylic acids is 1. The first-order chi connectivity index (χ1) is 12.2. The summed E-state index contributed by atoms with van der Waals surface area (Å²) in [6, 6.07) is 12.3. The number of ether oxygens (including phenoxy) is 1. The van der Waals surface area contributed by atoms with Gasteiger partial charge in [-0.15, -0.1) is 0 Å². The van der Waals surface area contributed by atoms with Gasteiger partial charge < -0.3 is 20.3 Å². The van der Waals surface area contributed by atoms with E-state index in [1.54, 1.807) is 12.1 Å². The molecule has 1 fully saturated rings. The first-order valence-corrected chi connectivity index (χ1v) is 8.45. The number of fused-ring (bicyclic) bond motifs is 1. The minimum absolute atomic E-state index is 0.00244. The van der Waals surface area contributed by atoms with Crippen LogP contribution in [0.3, 0.4) is 0 Å². The molecule has 2 aromatic rings. The lowest BCUT2D eigenvalue weighted by atomic mass is 10.1. The Labute approximate surface area is 145 Å². The van der Waals surface area contributed by atoms with Crippen molar-refractivity contribution in [3.63, 3.8) is 0 Å². The molecule has 0 bridgehead atoms. The monoisotopic (exact) mass is 341 g/mol. The molecule has 0 spiro atoms. The fourth-order valence-corrected chi connectivity index (χ4v) is 3.41.